The number of amides is 2. The number of rotatable bonds is 6. The van der Waals surface area contributed by atoms with Gasteiger partial charge in [-0.1, -0.05) is 6.07 Å². The Bertz CT molecular complexity index is 866. The van der Waals surface area contributed by atoms with Gasteiger partial charge in [0.2, 0.25) is 11.8 Å². The quantitative estimate of drug-likeness (QED) is 0.770. The van der Waals surface area contributed by atoms with Gasteiger partial charge in [0.25, 0.3) is 0 Å². The van der Waals surface area contributed by atoms with Gasteiger partial charge in [-0.25, -0.2) is 0 Å². The number of alkyl halides is 3. The number of hydrogen-bond donors (Lipinski definition) is 2. The summed E-state index contributed by atoms with van der Waals surface area (Å²) in [7, 11) is 0. The fourth-order valence-electron chi connectivity index (χ4n) is 2.82. The van der Waals surface area contributed by atoms with Crippen molar-refractivity contribution in [1.82, 2.24) is 0 Å². The van der Waals surface area contributed by atoms with Gasteiger partial charge in [0.05, 0.1) is 24.0 Å². The summed E-state index contributed by atoms with van der Waals surface area (Å²) in [6.07, 6.45) is -4.13. The molecule has 8 heteroatoms. The third-order valence-electron chi connectivity index (χ3n) is 4.35. The van der Waals surface area contributed by atoms with Crippen LogP contribution in [-0.4, -0.2) is 18.4 Å². The highest BCUT2D eigenvalue weighted by atomic mass is 19.4. The van der Waals surface area contributed by atoms with Crippen molar-refractivity contribution in [3.8, 4) is 5.75 Å². The summed E-state index contributed by atoms with van der Waals surface area (Å²) in [6, 6.07) is 11.3. The van der Waals surface area contributed by atoms with Crippen LogP contribution in [0, 0.1) is 11.8 Å². The largest absolute Gasteiger partial charge is 0.494 e. The highest BCUT2D eigenvalue weighted by molar-refractivity contribution is 6.03. The van der Waals surface area contributed by atoms with Crippen LogP contribution in [0.3, 0.4) is 0 Å². The molecule has 1 aliphatic rings. The van der Waals surface area contributed by atoms with Crippen LogP contribution in [0.1, 0.15) is 18.9 Å². The topological polar surface area (TPSA) is 67.4 Å². The third kappa shape index (κ3) is 4.82. The monoisotopic (exact) mass is 392 g/mol. The molecule has 28 heavy (non-hydrogen) atoms. The SMILES string of the molecule is CCOc1ccc(NC(=O)C2CC2C(=O)Nc2cccc(C(F)(F)F)c2)cc1. The van der Waals surface area contributed by atoms with E-state index < -0.39 is 29.5 Å². The molecule has 0 spiro atoms. The predicted molar refractivity (Wildman–Crippen MR) is 97.9 cm³/mol. The first kappa shape index (κ1) is 19.7. The van der Waals surface area contributed by atoms with Gasteiger partial charge in [0.1, 0.15) is 5.75 Å². The van der Waals surface area contributed by atoms with E-state index in [1.54, 1.807) is 24.3 Å². The third-order valence-corrected chi connectivity index (χ3v) is 4.35. The van der Waals surface area contributed by atoms with Crippen LogP contribution in [0.4, 0.5) is 24.5 Å². The van der Waals surface area contributed by atoms with E-state index in [1.807, 2.05) is 6.92 Å². The minimum absolute atomic E-state index is 0.0531. The minimum atomic E-state index is -4.49. The van der Waals surface area contributed by atoms with Crippen molar-refractivity contribution in [3.05, 3.63) is 54.1 Å². The van der Waals surface area contributed by atoms with E-state index in [9.17, 15) is 22.8 Å². The molecule has 0 bridgehead atoms. The van der Waals surface area contributed by atoms with Crippen LogP contribution >= 0.6 is 0 Å². The molecule has 2 aromatic carbocycles. The molecule has 2 atom stereocenters. The maximum absolute atomic E-state index is 12.7. The Kier molecular flexibility index (Phi) is 5.58. The molecule has 1 fully saturated rings. The Morgan fingerprint density at radius 2 is 1.61 bits per heavy atom. The summed E-state index contributed by atoms with van der Waals surface area (Å²) in [4.78, 5) is 24.5. The van der Waals surface area contributed by atoms with E-state index in [1.165, 1.54) is 12.1 Å². The highest BCUT2D eigenvalue weighted by Crippen LogP contribution is 2.40. The first-order valence-electron chi connectivity index (χ1n) is 8.80. The van der Waals surface area contributed by atoms with Crippen molar-refractivity contribution in [3.63, 3.8) is 0 Å². The van der Waals surface area contributed by atoms with Crippen molar-refractivity contribution in [2.75, 3.05) is 17.2 Å². The second kappa shape index (κ2) is 7.92. The molecule has 148 valence electrons. The molecule has 2 unspecified atom stereocenters. The molecule has 1 saturated carbocycles. The number of carbonyl (C=O) groups is 2. The van der Waals surface area contributed by atoms with E-state index in [0.29, 0.717) is 24.5 Å². The van der Waals surface area contributed by atoms with Gasteiger partial charge in [-0.05, 0) is 55.8 Å². The second-order valence-electron chi connectivity index (χ2n) is 6.46. The number of ether oxygens (including phenoxy) is 1. The van der Waals surface area contributed by atoms with Crippen LogP contribution in [0.15, 0.2) is 48.5 Å². The van der Waals surface area contributed by atoms with Crippen molar-refractivity contribution >= 4 is 23.2 Å². The molecule has 5 nitrogen and oxygen atoms in total. The summed E-state index contributed by atoms with van der Waals surface area (Å²) in [5.41, 5.74) is -0.208. The molecule has 2 N–H and O–H groups in total. The summed E-state index contributed by atoms with van der Waals surface area (Å²) in [5, 5.41) is 5.18. The molecule has 2 aromatic rings. The highest BCUT2D eigenvalue weighted by Gasteiger charge is 2.48. The van der Waals surface area contributed by atoms with E-state index in [4.69, 9.17) is 4.74 Å². The Morgan fingerprint density at radius 3 is 2.18 bits per heavy atom. The Labute approximate surface area is 159 Å². The zero-order chi connectivity index (χ0) is 20.3. The van der Waals surface area contributed by atoms with Crippen LogP contribution < -0.4 is 15.4 Å². The van der Waals surface area contributed by atoms with Gasteiger partial charge >= 0.3 is 6.18 Å². The maximum Gasteiger partial charge on any atom is 0.416 e. The van der Waals surface area contributed by atoms with Crippen LogP contribution in [0.25, 0.3) is 0 Å². The van der Waals surface area contributed by atoms with Crippen molar-refractivity contribution in [1.29, 1.82) is 0 Å². The average molecular weight is 392 g/mol. The lowest BCUT2D eigenvalue weighted by Gasteiger charge is -2.10. The molecule has 0 aliphatic heterocycles. The first-order chi connectivity index (χ1) is 13.3. The summed E-state index contributed by atoms with van der Waals surface area (Å²) in [5.74, 6) is -1.14. The normalized spacial score (nSPS) is 18.3. The molecule has 0 radical (unpaired) electrons. The van der Waals surface area contributed by atoms with E-state index >= 15 is 0 Å². The summed E-state index contributed by atoms with van der Waals surface area (Å²) < 4.78 is 43.6. The molecule has 2 amide bonds. The molecular formula is C20H19F3N2O3. The van der Waals surface area contributed by atoms with Gasteiger partial charge in [-0.3, -0.25) is 9.59 Å². The molecule has 0 heterocycles. The van der Waals surface area contributed by atoms with Gasteiger partial charge in [-0.15, -0.1) is 0 Å². The lowest BCUT2D eigenvalue weighted by molar-refractivity contribution is -0.137. The lowest BCUT2D eigenvalue weighted by Crippen LogP contribution is -2.20. The second-order valence-corrected chi connectivity index (χ2v) is 6.46. The van der Waals surface area contributed by atoms with Crippen LogP contribution in [-0.2, 0) is 15.8 Å². The van der Waals surface area contributed by atoms with Crippen molar-refractivity contribution < 1.29 is 27.5 Å². The molecule has 0 aromatic heterocycles. The smallest absolute Gasteiger partial charge is 0.416 e. The minimum Gasteiger partial charge on any atom is -0.494 e. The summed E-state index contributed by atoms with van der Waals surface area (Å²) >= 11 is 0. The first-order valence-corrected chi connectivity index (χ1v) is 8.80. The summed E-state index contributed by atoms with van der Waals surface area (Å²) in [6.45, 7) is 2.41. The standard InChI is InChI=1S/C20H19F3N2O3/c1-2-28-15-8-6-13(7-9-15)24-18(26)16-11-17(16)19(27)25-14-5-3-4-12(10-14)20(21,22)23/h3-10,16-17H,2,11H2,1H3,(H,24,26)(H,25,27). The maximum atomic E-state index is 12.7. The predicted octanol–water partition coefficient (Wildman–Crippen LogP) is 4.32. The Balaban J connectivity index is 1.54. The number of nitrogens with one attached hydrogen (secondary N) is 2. The molecule has 0 saturated heterocycles. The lowest BCUT2D eigenvalue weighted by atomic mass is 10.2. The zero-order valence-electron chi connectivity index (χ0n) is 15.0. The molecule has 1 aliphatic carbocycles. The Hall–Kier alpha value is -3.03. The fourth-order valence-corrected chi connectivity index (χ4v) is 2.82. The van der Waals surface area contributed by atoms with Crippen molar-refractivity contribution in [2.45, 2.75) is 19.5 Å². The number of halogens is 3. The van der Waals surface area contributed by atoms with Gasteiger partial charge in [-0.2, -0.15) is 13.2 Å². The van der Waals surface area contributed by atoms with E-state index in [2.05, 4.69) is 10.6 Å². The molecular weight excluding hydrogens is 373 g/mol. The van der Waals surface area contributed by atoms with Gasteiger partial charge in [0, 0.05) is 11.4 Å². The van der Waals surface area contributed by atoms with Gasteiger partial charge < -0.3 is 15.4 Å². The molecule has 3 rings (SSSR count). The zero-order valence-corrected chi connectivity index (χ0v) is 15.0. The van der Waals surface area contributed by atoms with Crippen LogP contribution in [0.2, 0.25) is 0 Å². The van der Waals surface area contributed by atoms with E-state index in [0.717, 1.165) is 12.1 Å². The Morgan fingerprint density at radius 1 is 1.00 bits per heavy atom. The van der Waals surface area contributed by atoms with Crippen molar-refractivity contribution in [2.24, 2.45) is 11.8 Å². The number of anilines is 2. The average Bonchev–Trinajstić information content (AvgIpc) is 3.44. The van der Waals surface area contributed by atoms with Gasteiger partial charge in [0.15, 0.2) is 0 Å². The number of benzene rings is 2. The number of hydrogen-bond acceptors (Lipinski definition) is 3. The fraction of sp³-hybridized carbons (Fsp3) is 0.300. The van der Waals surface area contributed by atoms with Crippen LogP contribution in [0.5, 0.6) is 5.75 Å². The van der Waals surface area contributed by atoms with E-state index in [-0.39, 0.29) is 11.6 Å². The number of carbonyl (C=O) groups excluding carboxylic acids is 2.